The molecule has 0 amide bonds. The molecular formula is C14H12ClF2NO. The number of ether oxygens (including phenoxy) is 1. The minimum absolute atomic E-state index is 0.118. The maximum atomic E-state index is 13.7. The van der Waals surface area contributed by atoms with Gasteiger partial charge in [0.1, 0.15) is 5.82 Å². The highest BCUT2D eigenvalue weighted by Crippen LogP contribution is 2.27. The van der Waals surface area contributed by atoms with Gasteiger partial charge in [-0.25, -0.2) is 8.78 Å². The molecule has 0 saturated carbocycles. The number of halogens is 3. The van der Waals surface area contributed by atoms with Crippen LogP contribution in [-0.4, -0.2) is 7.11 Å². The van der Waals surface area contributed by atoms with Gasteiger partial charge in [-0.05, 0) is 29.8 Å². The van der Waals surface area contributed by atoms with Gasteiger partial charge in [-0.3, -0.25) is 0 Å². The Hall–Kier alpha value is -1.65. The second kappa shape index (κ2) is 5.55. The van der Waals surface area contributed by atoms with E-state index < -0.39 is 17.7 Å². The Morgan fingerprint density at radius 1 is 1.11 bits per heavy atom. The molecule has 2 aromatic rings. The number of hydrogen-bond acceptors (Lipinski definition) is 2. The van der Waals surface area contributed by atoms with Crippen molar-refractivity contribution in [1.29, 1.82) is 0 Å². The van der Waals surface area contributed by atoms with Crippen LogP contribution >= 0.6 is 11.6 Å². The van der Waals surface area contributed by atoms with Gasteiger partial charge >= 0.3 is 0 Å². The summed E-state index contributed by atoms with van der Waals surface area (Å²) >= 11 is 5.68. The molecule has 1 atom stereocenters. The zero-order valence-corrected chi connectivity index (χ0v) is 10.9. The van der Waals surface area contributed by atoms with Crippen LogP contribution in [0.25, 0.3) is 0 Å². The Morgan fingerprint density at radius 2 is 1.84 bits per heavy atom. The zero-order chi connectivity index (χ0) is 14.0. The normalized spacial score (nSPS) is 12.3. The highest BCUT2D eigenvalue weighted by molar-refractivity contribution is 6.30. The van der Waals surface area contributed by atoms with E-state index in [1.54, 1.807) is 12.1 Å². The van der Waals surface area contributed by atoms with E-state index in [1.165, 1.54) is 31.4 Å². The van der Waals surface area contributed by atoms with E-state index in [-0.39, 0.29) is 16.3 Å². The fourth-order valence-electron chi connectivity index (χ4n) is 1.81. The topological polar surface area (TPSA) is 35.2 Å². The first kappa shape index (κ1) is 13.8. The van der Waals surface area contributed by atoms with Crippen LogP contribution in [0.2, 0.25) is 5.02 Å². The van der Waals surface area contributed by atoms with Crippen molar-refractivity contribution in [3.8, 4) is 5.75 Å². The van der Waals surface area contributed by atoms with Crippen molar-refractivity contribution in [3.63, 3.8) is 0 Å². The Balaban J connectivity index is 2.38. The molecule has 0 heterocycles. The molecule has 0 saturated heterocycles. The largest absolute Gasteiger partial charge is 0.494 e. The summed E-state index contributed by atoms with van der Waals surface area (Å²) in [5.41, 5.74) is 6.65. The average Bonchev–Trinajstić information content (AvgIpc) is 2.38. The van der Waals surface area contributed by atoms with Gasteiger partial charge in [0.15, 0.2) is 11.6 Å². The molecule has 0 aliphatic rings. The van der Waals surface area contributed by atoms with Crippen LogP contribution in [-0.2, 0) is 0 Å². The summed E-state index contributed by atoms with van der Waals surface area (Å²) in [7, 11) is 1.37. The molecule has 1 unspecified atom stereocenters. The van der Waals surface area contributed by atoms with Crippen LogP contribution < -0.4 is 10.5 Å². The number of methoxy groups -OCH3 is 1. The standard InChI is InChI=1S/C14H12ClF2NO/c1-19-13-5-2-8(6-12(13)17)14(18)10-4-3-9(15)7-11(10)16/h2-7,14H,18H2,1H3. The quantitative estimate of drug-likeness (QED) is 0.933. The summed E-state index contributed by atoms with van der Waals surface area (Å²) in [5, 5.41) is 0.286. The fraction of sp³-hybridized carbons (Fsp3) is 0.143. The average molecular weight is 284 g/mol. The van der Waals surface area contributed by atoms with E-state index in [0.717, 1.165) is 0 Å². The highest BCUT2D eigenvalue weighted by atomic mass is 35.5. The van der Waals surface area contributed by atoms with Crippen molar-refractivity contribution >= 4 is 11.6 Å². The van der Waals surface area contributed by atoms with E-state index in [0.29, 0.717) is 5.56 Å². The molecule has 100 valence electrons. The summed E-state index contributed by atoms with van der Waals surface area (Å²) in [6.07, 6.45) is 0. The zero-order valence-electron chi connectivity index (χ0n) is 10.2. The van der Waals surface area contributed by atoms with Gasteiger partial charge in [0, 0.05) is 10.6 Å². The first-order valence-electron chi connectivity index (χ1n) is 5.57. The lowest BCUT2D eigenvalue weighted by atomic mass is 9.99. The smallest absolute Gasteiger partial charge is 0.165 e. The van der Waals surface area contributed by atoms with Gasteiger partial charge in [-0.2, -0.15) is 0 Å². The van der Waals surface area contributed by atoms with E-state index in [2.05, 4.69) is 0 Å². The number of hydrogen-bond donors (Lipinski definition) is 1. The molecule has 2 rings (SSSR count). The molecule has 0 bridgehead atoms. The molecule has 2 nitrogen and oxygen atoms in total. The minimum atomic E-state index is -0.766. The first-order valence-corrected chi connectivity index (χ1v) is 5.94. The van der Waals surface area contributed by atoms with Crippen molar-refractivity contribution < 1.29 is 13.5 Å². The van der Waals surface area contributed by atoms with Crippen molar-refractivity contribution in [2.24, 2.45) is 5.73 Å². The summed E-state index contributed by atoms with van der Waals surface area (Å²) in [4.78, 5) is 0. The van der Waals surface area contributed by atoms with Gasteiger partial charge in [0.2, 0.25) is 0 Å². The molecule has 0 aliphatic carbocycles. The van der Waals surface area contributed by atoms with E-state index in [1.807, 2.05) is 0 Å². The number of rotatable bonds is 3. The molecule has 0 aromatic heterocycles. The van der Waals surface area contributed by atoms with Gasteiger partial charge < -0.3 is 10.5 Å². The van der Waals surface area contributed by atoms with Crippen LogP contribution in [0.15, 0.2) is 36.4 Å². The highest BCUT2D eigenvalue weighted by Gasteiger charge is 2.15. The third-order valence-corrected chi connectivity index (χ3v) is 3.07. The lowest BCUT2D eigenvalue weighted by molar-refractivity contribution is 0.386. The fourth-order valence-corrected chi connectivity index (χ4v) is 1.97. The molecule has 2 N–H and O–H groups in total. The predicted molar refractivity (Wildman–Crippen MR) is 70.4 cm³/mol. The van der Waals surface area contributed by atoms with Crippen molar-refractivity contribution in [3.05, 3.63) is 64.2 Å². The molecule has 0 radical (unpaired) electrons. The SMILES string of the molecule is COc1ccc(C(N)c2ccc(Cl)cc2F)cc1F. The van der Waals surface area contributed by atoms with Crippen LogP contribution in [0.1, 0.15) is 17.2 Å². The van der Waals surface area contributed by atoms with E-state index in [4.69, 9.17) is 22.1 Å². The van der Waals surface area contributed by atoms with Gasteiger partial charge in [-0.15, -0.1) is 0 Å². The van der Waals surface area contributed by atoms with Crippen LogP contribution in [0.4, 0.5) is 8.78 Å². The van der Waals surface area contributed by atoms with Crippen LogP contribution in [0, 0.1) is 11.6 Å². The Morgan fingerprint density at radius 3 is 2.42 bits per heavy atom. The third-order valence-electron chi connectivity index (χ3n) is 2.83. The maximum Gasteiger partial charge on any atom is 0.165 e. The van der Waals surface area contributed by atoms with Crippen molar-refractivity contribution in [2.75, 3.05) is 7.11 Å². The first-order chi connectivity index (χ1) is 9.02. The molecular weight excluding hydrogens is 272 g/mol. The molecule has 0 spiro atoms. The Labute approximate surface area is 114 Å². The Bertz CT molecular complexity index is 604. The second-order valence-electron chi connectivity index (χ2n) is 4.04. The molecule has 19 heavy (non-hydrogen) atoms. The van der Waals surface area contributed by atoms with Crippen molar-refractivity contribution in [2.45, 2.75) is 6.04 Å². The predicted octanol–water partition coefficient (Wildman–Crippen LogP) is 3.67. The molecule has 0 aliphatic heterocycles. The van der Waals surface area contributed by atoms with Gasteiger partial charge in [0.05, 0.1) is 13.2 Å². The lowest BCUT2D eigenvalue weighted by Crippen LogP contribution is -2.14. The summed E-state index contributed by atoms with van der Waals surface area (Å²) in [5.74, 6) is -0.937. The van der Waals surface area contributed by atoms with Crippen LogP contribution in [0.3, 0.4) is 0 Å². The van der Waals surface area contributed by atoms with Crippen LogP contribution in [0.5, 0.6) is 5.75 Å². The van der Waals surface area contributed by atoms with Crippen molar-refractivity contribution in [1.82, 2.24) is 0 Å². The molecule has 5 heteroatoms. The summed E-state index contributed by atoms with van der Waals surface area (Å²) in [6.45, 7) is 0. The van der Waals surface area contributed by atoms with E-state index >= 15 is 0 Å². The second-order valence-corrected chi connectivity index (χ2v) is 4.47. The minimum Gasteiger partial charge on any atom is -0.494 e. The monoisotopic (exact) mass is 283 g/mol. The summed E-state index contributed by atoms with van der Waals surface area (Å²) in [6, 6.07) is 7.73. The number of nitrogens with two attached hydrogens (primary N) is 1. The molecule has 0 fully saturated rings. The summed E-state index contributed by atoms with van der Waals surface area (Å²) < 4.78 is 32.2. The lowest BCUT2D eigenvalue weighted by Gasteiger charge is -2.14. The molecule has 2 aromatic carbocycles. The van der Waals surface area contributed by atoms with Gasteiger partial charge in [-0.1, -0.05) is 23.7 Å². The maximum absolute atomic E-state index is 13.7. The van der Waals surface area contributed by atoms with Gasteiger partial charge in [0.25, 0.3) is 0 Å². The van der Waals surface area contributed by atoms with E-state index in [9.17, 15) is 8.78 Å². The Kier molecular flexibility index (Phi) is 4.02. The third kappa shape index (κ3) is 2.85. The number of benzene rings is 2.